The summed E-state index contributed by atoms with van der Waals surface area (Å²) >= 11 is 0. The first kappa shape index (κ1) is 13.0. The zero-order valence-electron chi connectivity index (χ0n) is 10.2. The molecule has 1 aromatic carbocycles. The topological polar surface area (TPSA) is 23.5 Å². The quantitative estimate of drug-likeness (QED) is 0.832. The molecular formula is C13H20FNO. The van der Waals surface area contributed by atoms with Gasteiger partial charge in [0, 0.05) is 12.6 Å². The van der Waals surface area contributed by atoms with E-state index in [0.717, 1.165) is 18.4 Å². The van der Waals surface area contributed by atoms with Crippen LogP contribution in [0.1, 0.15) is 32.3 Å². The Morgan fingerprint density at radius 3 is 2.69 bits per heavy atom. The number of phenols is 1. The van der Waals surface area contributed by atoms with Crippen molar-refractivity contribution in [3.05, 3.63) is 29.6 Å². The van der Waals surface area contributed by atoms with Gasteiger partial charge in [0.05, 0.1) is 0 Å². The molecule has 0 amide bonds. The lowest BCUT2D eigenvalue weighted by Gasteiger charge is -2.24. The third kappa shape index (κ3) is 3.49. The van der Waals surface area contributed by atoms with Crippen molar-refractivity contribution in [2.45, 2.75) is 39.3 Å². The fourth-order valence-corrected chi connectivity index (χ4v) is 1.73. The van der Waals surface area contributed by atoms with Gasteiger partial charge in [-0.1, -0.05) is 19.4 Å². The molecule has 16 heavy (non-hydrogen) atoms. The van der Waals surface area contributed by atoms with Crippen LogP contribution in [0.3, 0.4) is 0 Å². The van der Waals surface area contributed by atoms with E-state index in [1.807, 2.05) is 7.05 Å². The Bertz CT molecular complexity index is 341. The second-order valence-electron chi connectivity index (χ2n) is 4.34. The van der Waals surface area contributed by atoms with Gasteiger partial charge in [-0.25, -0.2) is 4.39 Å². The molecule has 0 radical (unpaired) electrons. The highest BCUT2D eigenvalue weighted by Gasteiger charge is 2.09. The average Bonchev–Trinajstić information content (AvgIpc) is 2.24. The summed E-state index contributed by atoms with van der Waals surface area (Å²) in [6.45, 7) is 5.03. The Balaban J connectivity index is 2.62. The highest BCUT2D eigenvalue weighted by atomic mass is 19.1. The van der Waals surface area contributed by atoms with E-state index in [4.69, 9.17) is 5.11 Å². The minimum absolute atomic E-state index is 0.284. The standard InChI is InChI=1S/C13H20FNO/c1-4-5-10(2)15(3)9-11-6-7-13(16)12(14)8-11/h6-8,10,16H,4-5,9H2,1-3H3. The number of halogens is 1. The minimum atomic E-state index is -0.547. The van der Waals surface area contributed by atoms with Gasteiger partial charge >= 0.3 is 0 Å². The molecule has 0 spiro atoms. The normalized spacial score (nSPS) is 13.1. The van der Waals surface area contributed by atoms with E-state index in [9.17, 15) is 4.39 Å². The lowest BCUT2D eigenvalue weighted by atomic mass is 10.1. The van der Waals surface area contributed by atoms with E-state index in [1.165, 1.54) is 12.1 Å². The zero-order valence-corrected chi connectivity index (χ0v) is 10.2. The van der Waals surface area contributed by atoms with Crippen LogP contribution in [0.4, 0.5) is 4.39 Å². The summed E-state index contributed by atoms with van der Waals surface area (Å²) in [5, 5.41) is 9.08. The predicted molar refractivity (Wildman–Crippen MR) is 63.9 cm³/mol. The monoisotopic (exact) mass is 225 g/mol. The molecular weight excluding hydrogens is 205 g/mol. The molecule has 0 aliphatic heterocycles. The van der Waals surface area contributed by atoms with E-state index >= 15 is 0 Å². The lowest BCUT2D eigenvalue weighted by Crippen LogP contribution is -2.28. The molecule has 0 saturated carbocycles. The molecule has 0 bridgehead atoms. The summed E-state index contributed by atoms with van der Waals surface area (Å²) in [5.41, 5.74) is 0.890. The van der Waals surface area contributed by atoms with Crippen LogP contribution in [0.2, 0.25) is 0 Å². The summed E-state index contributed by atoms with van der Waals surface area (Å²) in [6, 6.07) is 5.04. The molecule has 1 atom stereocenters. The summed E-state index contributed by atoms with van der Waals surface area (Å²) in [4.78, 5) is 2.19. The molecule has 0 aliphatic rings. The molecule has 3 heteroatoms. The van der Waals surface area contributed by atoms with E-state index in [2.05, 4.69) is 18.7 Å². The van der Waals surface area contributed by atoms with Gasteiger partial charge in [-0.15, -0.1) is 0 Å². The minimum Gasteiger partial charge on any atom is -0.505 e. The van der Waals surface area contributed by atoms with Crippen molar-refractivity contribution in [3.63, 3.8) is 0 Å². The number of aromatic hydroxyl groups is 1. The van der Waals surface area contributed by atoms with Crippen molar-refractivity contribution in [1.29, 1.82) is 0 Å². The van der Waals surface area contributed by atoms with E-state index in [-0.39, 0.29) is 5.75 Å². The smallest absolute Gasteiger partial charge is 0.165 e. The van der Waals surface area contributed by atoms with Crippen molar-refractivity contribution < 1.29 is 9.50 Å². The van der Waals surface area contributed by atoms with Crippen LogP contribution >= 0.6 is 0 Å². The third-order valence-corrected chi connectivity index (χ3v) is 2.90. The molecule has 0 heterocycles. The fraction of sp³-hybridized carbons (Fsp3) is 0.538. The Kier molecular flexibility index (Phi) is 4.74. The van der Waals surface area contributed by atoms with Gasteiger partial charge in [0.2, 0.25) is 0 Å². The molecule has 0 fully saturated rings. The largest absolute Gasteiger partial charge is 0.505 e. The van der Waals surface area contributed by atoms with E-state index in [1.54, 1.807) is 6.07 Å². The summed E-state index contributed by atoms with van der Waals surface area (Å²) in [7, 11) is 2.03. The molecule has 1 rings (SSSR count). The summed E-state index contributed by atoms with van der Waals surface area (Å²) in [5.74, 6) is -0.831. The average molecular weight is 225 g/mol. The van der Waals surface area contributed by atoms with Crippen LogP contribution in [0, 0.1) is 5.82 Å². The molecule has 90 valence electrons. The van der Waals surface area contributed by atoms with Gasteiger partial charge in [0.25, 0.3) is 0 Å². The number of rotatable bonds is 5. The summed E-state index contributed by atoms with van der Waals surface area (Å²) in [6.07, 6.45) is 2.28. The number of benzene rings is 1. The SMILES string of the molecule is CCCC(C)N(C)Cc1ccc(O)c(F)c1. The number of phenolic OH excluding ortho intramolecular Hbond substituents is 1. The van der Waals surface area contributed by atoms with E-state index < -0.39 is 5.82 Å². The first-order valence-electron chi connectivity index (χ1n) is 5.72. The highest BCUT2D eigenvalue weighted by molar-refractivity contribution is 5.27. The Labute approximate surface area is 96.7 Å². The number of hydrogen-bond donors (Lipinski definition) is 1. The van der Waals surface area contributed by atoms with Gasteiger partial charge in [0.15, 0.2) is 11.6 Å². The zero-order chi connectivity index (χ0) is 12.1. The maximum Gasteiger partial charge on any atom is 0.165 e. The molecule has 1 N–H and O–H groups in total. The molecule has 0 aliphatic carbocycles. The highest BCUT2D eigenvalue weighted by Crippen LogP contribution is 2.18. The lowest BCUT2D eigenvalue weighted by molar-refractivity contribution is 0.236. The predicted octanol–water partition coefficient (Wildman–Crippen LogP) is 3.15. The Hall–Kier alpha value is -1.09. The first-order chi connectivity index (χ1) is 7.54. The van der Waals surface area contributed by atoms with Crippen molar-refractivity contribution in [2.75, 3.05) is 7.05 Å². The van der Waals surface area contributed by atoms with Gasteiger partial charge in [0.1, 0.15) is 0 Å². The molecule has 2 nitrogen and oxygen atoms in total. The maximum absolute atomic E-state index is 13.1. The van der Waals surface area contributed by atoms with E-state index in [0.29, 0.717) is 12.6 Å². The second-order valence-corrected chi connectivity index (χ2v) is 4.34. The van der Waals surface area contributed by atoms with Crippen LogP contribution in [-0.2, 0) is 6.54 Å². The first-order valence-corrected chi connectivity index (χ1v) is 5.72. The molecule has 1 aromatic rings. The molecule has 0 aromatic heterocycles. The van der Waals surface area contributed by atoms with Gasteiger partial charge < -0.3 is 5.11 Å². The number of nitrogens with zero attached hydrogens (tertiary/aromatic N) is 1. The van der Waals surface area contributed by atoms with Gasteiger partial charge in [-0.2, -0.15) is 0 Å². The van der Waals surface area contributed by atoms with Crippen LogP contribution in [0.5, 0.6) is 5.75 Å². The fourth-order valence-electron chi connectivity index (χ4n) is 1.73. The Morgan fingerprint density at radius 1 is 1.44 bits per heavy atom. The van der Waals surface area contributed by atoms with Crippen molar-refractivity contribution in [1.82, 2.24) is 4.90 Å². The van der Waals surface area contributed by atoms with Crippen LogP contribution in [-0.4, -0.2) is 23.1 Å². The van der Waals surface area contributed by atoms with Crippen molar-refractivity contribution in [3.8, 4) is 5.75 Å². The van der Waals surface area contributed by atoms with Crippen molar-refractivity contribution in [2.24, 2.45) is 0 Å². The number of hydrogen-bond acceptors (Lipinski definition) is 2. The third-order valence-electron chi connectivity index (χ3n) is 2.90. The Morgan fingerprint density at radius 2 is 2.12 bits per heavy atom. The van der Waals surface area contributed by atoms with Crippen LogP contribution < -0.4 is 0 Å². The van der Waals surface area contributed by atoms with Crippen molar-refractivity contribution >= 4 is 0 Å². The van der Waals surface area contributed by atoms with Crippen LogP contribution in [0.25, 0.3) is 0 Å². The summed E-state index contributed by atoms with van der Waals surface area (Å²) < 4.78 is 13.1. The molecule has 1 unspecified atom stereocenters. The van der Waals surface area contributed by atoms with Gasteiger partial charge in [-0.3, -0.25) is 4.90 Å². The second kappa shape index (κ2) is 5.85. The van der Waals surface area contributed by atoms with Crippen LogP contribution in [0.15, 0.2) is 18.2 Å². The maximum atomic E-state index is 13.1. The van der Waals surface area contributed by atoms with Gasteiger partial charge in [-0.05, 0) is 38.1 Å². The molecule has 0 saturated heterocycles.